The van der Waals surface area contributed by atoms with E-state index in [4.69, 9.17) is 12.2 Å². The number of halogens is 1. The Balaban J connectivity index is 2.05. The smallest absolute Gasteiger partial charge is 0.179 e. The average Bonchev–Trinajstić information content (AvgIpc) is 2.94. The summed E-state index contributed by atoms with van der Waals surface area (Å²) in [6.45, 7) is 2.24. The Morgan fingerprint density at radius 1 is 1.65 bits per heavy atom. The molecule has 2 unspecified atom stereocenters. The predicted octanol–water partition coefficient (Wildman–Crippen LogP) is 4.22. The van der Waals surface area contributed by atoms with Crippen molar-refractivity contribution in [2.75, 3.05) is 0 Å². The molecule has 0 aliphatic heterocycles. The fourth-order valence-electron chi connectivity index (χ4n) is 2.52. The highest BCUT2D eigenvalue weighted by molar-refractivity contribution is 9.10. The normalized spacial score (nSPS) is 23.2. The van der Waals surface area contributed by atoms with Gasteiger partial charge in [-0.25, -0.2) is 4.98 Å². The summed E-state index contributed by atoms with van der Waals surface area (Å²) in [6.07, 6.45) is 5.61. The van der Waals surface area contributed by atoms with E-state index in [2.05, 4.69) is 37.4 Å². The maximum absolute atomic E-state index is 5.40. The van der Waals surface area contributed by atoms with Gasteiger partial charge in [0.25, 0.3) is 0 Å². The van der Waals surface area contributed by atoms with Crippen molar-refractivity contribution in [2.45, 2.75) is 32.2 Å². The topological polar surface area (TPSA) is 33.6 Å². The molecule has 1 aliphatic rings. The summed E-state index contributed by atoms with van der Waals surface area (Å²) in [7, 11) is 0. The number of aromatic nitrogens is 3. The molecule has 2 aromatic rings. The van der Waals surface area contributed by atoms with Crippen LogP contribution in [-0.4, -0.2) is 14.5 Å². The third-order valence-electron chi connectivity index (χ3n) is 3.40. The first-order valence-electron chi connectivity index (χ1n) is 5.96. The van der Waals surface area contributed by atoms with Crippen LogP contribution in [0.3, 0.4) is 0 Å². The Bertz CT molecular complexity index is 616. The van der Waals surface area contributed by atoms with Gasteiger partial charge in [0.1, 0.15) is 0 Å². The molecule has 0 amide bonds. The zero-order valence-electron chi connectivity index (χ0n) is 9.61. The molecule has 0 radical (unpaired) electrons. The van der Waals surface area contributed by atoms with Crippen LogP contribution in [0, 0.1) is 10.7 Å². The number of fused-ring (bicyclic) bond motifs is 1. The van der Waals surface area contributed by atoms with Gasteiger partial charge in [-0.2, -0.15) is 0 Å². The molecule has 2 atom stereocenters. The molecule has 1 N–H and O–H groups in total. The predicted molar refractivity (Wildman–Crippen MR) is 74.7 cm³/mol. The molecule has 1 aliphatic carbocycles. The second-order valence-electron chi connectivity index (χ2n) is 4.68. The molecule has 17 heavy (non-hydrogen) atoms. The van der Waals surface area contributed by atoms with E-state index in [0.717, 1.165) is 26.3 Å². The third kappa shape index (κ3) is 1.95. The van der Waals surface area contributed by atoms with E-state index in [9.17, 15) is 0 Å². The highest BCUT2D eigenvalue weighted by atomic mass is 79.9. The largest absolute Gasteiger partial charge is 0.329 e. The Kier molecular flexibility index (Phi) is 2.83. The Labute approximate surface area is 113 Å². The minimum atomic E-state index is 0.560. The molecule has 1 fully saturated rings. The van der Waals surface area contributed by atoms with Gasteiger partial charge in [-0.05, 0) is 53.0 Å². The molecule has 3 nitrogen and oxygen atoms in total. The molecule has 2 heterocycles. The minimum Gasteiger partial charge on any atom is -0.329 e. The van der Waals surface area contributed by atoms with E-state index in [1.165, 1.54) is 19.3 Å². The number of nitrogens with one attached hydrogen (secondary N) is 1. The van der Waals surface area contributed by atoms with Crippen LogP contribution in [0.1, 0.15) is 32.2 Å². The third-order valence-corrected chi connectivity index (χ3v) is 4.13. The molecule has 2 aromatic heterocycles. The first-order chi connectivity index (χ1) is 8.20. The second-order valence-corrected chi connectivity index (χ2v) is 5.98. The summed E-state index contributed by atoms with van der Waals surface area (Å²) < 4.78 is 3.97. The van der Waals surface area contributed by atoms with E-state index in [1.54, 1.807) is 0 Å². The van der Waals surface area contributed by atoms with Gasteiger partial charge in [-0.3, -0.25) is 4.57 Å². The van der Waals surface area contributed by atoms with Crippen LogP contribution < -0.4 is 0 Å². The van der Waals surface area contributed by atoms with Crippen molar-refractivity contribution in [1.29, 1.82) is 0 Å². The Morgan fingerprint density at radius 3 is 3.24 bits per heavy atom. The van der Waals surface area contributed by atoms with Crippen molar-refractivity contribution in [3.63, 3.8) is 0 Å². The maximum atomic E-state index is 5.40. The number of imidazole rings is 1. The van der Waals surface area contributed by atoms with Crippen molar-refractivity contribution in [3.05, 3.63) is 21.5 Å². The summed E-state index contributed by atoms with van der Waals surface area (Å²) in [4.78, 5) is 7.71. The van der Waals surface area contributed by atoms with Gasteiger partial charge < -0.3 is 4.98 Å². The fourth-order valence-corrected chi connectivity index (χ4v) is 3.19. The van der Waals surface area contributed by atoms with Crippen molar-refractivity contribution in [3.8, 4) is 0 Å². The van der Waals surface area contributed by atoms with Crippen molar-refractivity contribution in [2.24, 2.45) is 5.92 Å². The zero-order valence-corrected chi connectivity index (χ0v) is 12.0. The first-order valence-corrected chi connectivity index (χ1v) is 7.16. The summed E-state index contributed by atoms with van der Waals surface area (Å²) in [6, 6.07) is 2.59. The number of rotatable bonds is 3. The van der Waals surface area contributed by atoms with Gasteiger partial charge in [-0.15, -0.1) is 0 Å². The van der Waals surface area contributed by atoms with Crippen LogP contribution in [0.5, 0.6) is 0 Å². The lowest BCUT2D eigenvalue weighted by Gasteiger charge is -2.02. The van der Waals surface area contributed by atoms with E-state index in [0.29, 0.717) is 6.04 Å². The summed E-state index contributed by atoms with van der Waals surface area (Å²) in [5.74, 6) is 0.788. The highest BCUT2D eigenvalue weighted by Gasteiger charge is 2.39. The molecule has 1 saturated carbocycles. The summed E-state index contributed by atoms with van der Waals surface area (Å²) in [5, 5.41) is 0. The number of hydrogen-bond donors (Lipinski definition) is 1. The van der Waals surface area contributed by atoms with Gasteiger partial charge in [0.2, 0.25) is 0 Å². The van der Waals surface area contributed by atoms with Crippen molar-refractivity contribution < 1.29 is 0 Å². The standard InChI is InChI=1S/C12H14BrN3S/c1-2-3-7-4-10(7)16-11-9(15-12(16)17)5-8(13)6-14-11/h5-7,10H,2-4H2,1H3,(H,15,17). The SMILES string of the molecule is CCCC1CC1n1c(=S)[nH]c2cc(Br)cnc21. The highest BCUT2D eigenvalue weighted by Crippen LogP contribution is 2.47. The summed E-state index contributed by atoms with van der Waals surface area (Å²) in [5.41, 5.74) is 2.01. The molecule has 90 valence electrons. The van der Waals surface area contributed by atoms with Crippen LogP contribution >= 0.6 is 28.1 Å². The van der Waals surface area contributed by atoms with Gasteiger partial charge in [0, 0.05) is 16.7 Å². The van der Waals surface area contributed by atoms with Crippen LogP contribution in [-0.2, 0) is 0 Å². The number of aromatic amines is 1. The molecule has 5 heteroatoms. The van der Waals surface area contributed by atoms with E-state index < -0.39 is 0 Å². The van der Waals surface area contributed by atoms with Crippen molar-refractivity contribution >= 4 is 39.3 Å². The lowest BCUT2D eigenvalue weighted by molar-refractivity contribution is 0.611. The molecule has 3 rings (SSSR count). The van der Waals surface area contributed by atoms with E-state index >= 15 is 0 Å². The van der Waals surface area contributed by atoms with Crippen molar-refractivity contribution in [1.82, 2.24) is 14.5 Å². The van der Waals surface area contributed by atoms with Gasteiger partial charge >= 0.3 is 0 Å². The molecule has 0 spiro atoms. The zero-order chi connectivity index (χ0) is 12.0. The van der Waals surface area contributed by atoms with Gasteiger partial charge in [-0.1, -0.05) is 13.3 Å². The van der Waals surface area contributed by atoms with Crippen LogP contribution in [0.2, 0.25) is 0 Å². The van der Waals surface area contributed by atoms with Crippen LogP contribution in [0.4, 0.5) is 0 Å². The quantitative estimate of drug-likeness (QED) is 0.861. The molecule has 0 bridgehead atoms. The number of pyridine rings is 1. The molecular formula is C12H14BrN3S. The maximum Gasteiger partial charge on any atom is 0.179 e. The molecular weight excluding hydrogens is 298 g/mol. The van der Waals surface area contributed by atoms with Gasteiger partial charge in [0.05, 0.1) is 5.52 Å². The summed E-state index contributed by atoms with van der Waals surface area (Å²) >= 11 is 8.83. The Hall–Kier alpha value is -0.680. The average molecular weight is 312 g/mol. The van der Waals surface area contributed by atoms with Gasteiger partial charge in [0.15, 0.2) is 10.4 Å². The fraction of sp³-hybridized carbons (Fsp3) is 0.500. The molecule has 0 saturated heterocycles. The number of H-pyrrole nitrogens is 1. The Morgan fingerprint density at radius 2 is 2.47 bits per heavy atom. The number of nitrogens with zero attached hydrogens (tertiary/aromatic N) is 2. The van der Waals surface area contributed by atoms with E-state index in [1.807, 2.05) is 12.3 Å². The number of hydrogen-bond acceptors (Lipinski definition) is 2. The lowest BCUT2D eigenvalue weighted by Crippen LogP contribution is -1.97. The van der Waals surface area contributed by atoms with Crippen LogP contribution in [0.15, 0.2) is 16.7 Å². The molecule has 0 aromatic carbocycles. The second kappa shape index (κ2) is 4.21. The van der Waals surface area contributed by atoms with Crippen LogP contribution in [0.25, 0.3) is 11.2 Å². The van der Waals surface area contributed by atoms with E-state index in [-0.39, 0.29) is 0 Å². The minimum absolute atomic E-state index is 0.560. The first kappa shape index (κ1) is 11.4. The monoisotopic (exact) mass is 311 g/mol. The lowest BCUT2D eigenvalue weighted by atomic mass is 10.2.